The predicted molar refractivity (Wildman–Crippen MR) is 166 cm³/mol. The Morgan fingerprint density at radius 1 is 0.487 bits per heavy atom. The van der Waals surface area contributed by atoms with Crippen molar-refractivity contribution in [2.75, 3.05) is 0 Å². The summed E-state index contributed by atoms with van der Waals surface area (Å²) in [7, 11) is 0. The summed E-state index contributed by atoms with van der Waals surface area (Å²) in [6.07, 6.45) is 0. The number of aromatic nitrogens is 2. The average Bonchev–Trinajstić information content (AvgIpc) is 3.40. The van der Waals surface area contributed by atoms with Crippen LogP contribution in [0.4, 0.5) is 0 Å². The topological polar surface area (TPSA) is 25.8 Å². The van der Waals surface area contributed by atoms with Crippen LogP contribution in [-0.2, 0) is 0 Å². The first kappa shape index (κ1) is 22.2. The molecular formula is C36H22N2S. The van der Waals surface area contributed by atoms with Gasteiger partial charge in [0, 0.05) is 21.2 Å². The molecule has 0 atom stereocenters. The molecule has 8 rings (SSSR count). The smallest absolute Gasteiger partial charge is 0.161 e. The van der Waals surface area contributed by atoms with E-state index in [0.29, 0.717) is 0 Å². The van der Waals surface area contributed by atoms with E-state index in [2.05, 4.69) is 133 Å². The number of nitrogens with zero attached hydrogens (tertiary/aromatic N) is 2. The van der Waals surface area contributed by atoms with Gasteiger partial charge in [-0.3, -0.25) is 0 Å². The van der Waals surface area contributed by atoms with Crippen molar-refractivity contribution in [2.24, 2.45) is 0 Å². The number of hydrogen-bond acceptors (Lipinski definition) is 3. The number of thiophene rings is 1. The van der Waals surface area contributed by atoms with Crippen LogP contribution in [0.3, 0.4) is 0 Å². The molecule has 0 amide bonds. The summed E-state index contributed by atoms with van der Waals surface area (Å²) < 4.78 is 2.35. The highest BCUT2D eigenvalue weighted by Crippen LogP contribution is 2.43. The van der Waals surface area contributed by atoms with Gasteiger partial charge in [-0.25, -0.2) is 9.97 Å². The quantitative estimate of drug-likeness (QED) is 0.234. The minimum Gasteiger partial charge on any atom is -0.226 e. The standard InChI is InChI=1S/C36H22N2S/c1-2-10-23(11-3-1)26-15-8-16-27(22-26)33-35-34(32-29-18-7-5-13-25(29)20-21-31(32)39-35)38-36(37-33)30-19-9-14-24-12-4-6-17-28(24)30/h1-22H. The molecule has 6 aromatic carbocycles. The second kappa shape index (κ2) is 8.87. The van der Waals surface area contributed by atoms with Gasteiger partial charge in [-0.2, -0.15) is 0 Å². The Morgan fingerprint density at radius 2 is 1.15 bits per heavy atom. The van der Waals surface area contributed by atoms with Crippen LogP contribution in [0.2, 0.25) is 0 Å². The van der Waals surface area contributed by atoms with Gasteiger partial charge in [-0.1, -0.05) is 121 Å². The molecule has 2 heterocycles. The molecule has 0 saturated carbocycles. The lowest BCUT2D eigenvalue weighted by molar-refractivity contribution is 1.25. The van der Waals surface area contributed by atoms with Crippen molar-refractivity contribution in [2.45, 2.75) is 0 Å². The first-order valence-corrected chi connectivity index (χ1v) is 13.9. The normalized spacial score (nSPS) is 11.6. The Hall–Kier alpha value is -4.86. The molecular weight excluding hydrogens is 492 g/mol. The minimum absolute atomic E-state index is 0.757. The highest BCUT2D eigenvalue weighted by Gasteiger charge is 2.19. The fraction of sp³-hybridized carbons (Fsp3) is 0. The zero-order valence-electron chi connectivity index (χ0n) is 21.0. The molecule has 2 aromatic heterocycles. The van der Waals surface area contributed by atoms with Gasteiger partial charge in [0.15, 0.2) is 5.82 Å². The molecule has 0 aliphatic carbocycles. The second-order valence-electron chi connectivity index (χ2n) is 9.81. The second-order valence-corrected chi connectivity index (χ2v) is 10.9. The van der Waals surface area contributed by atoms with Crippen LogP contribution in [0, 0.1) is 0 Å². The Labute approximate surface area is 229 Å². The molecule has 0 bridgehead atoms. The first-order chi connectivity index (χ1) is 19.3. The third-order valence-corrected chi connectivity index (χ3v) is 8.63. The van der Waals surface area contributed by atoms with Crippen LogP contribution in [0.1, 0.15) is 0 Å². The van der Waals surface area contributed by atoms with E-state index in [1.165, 1.54) is 37.4 Å². The Bertz CT molecular complexity index is 2170. The molecule has 39 heavy (non-hydrogen) atoms. The maximum atomic E-state index is 5.30. The summed E-state index contributed by atoms with van der Waals surface area (Å²) in [4.78, 5) is 10.6. The molecule has 0 fully saturated rings. The number of benzene rings is 6. The predicted octanol–water partition coefficient (Wildman–Crippen LogP) is 10.2. The lowest BCUT2D eigenvalue weighted by atomic mass is 10.00. The van der Waals surface area contributed by atoms with Crippen LogP contribution in [0.5, 0.6) is 0 Å². The minimum atomic E-state index is 0.757. The molecule has 182 valence electrons. The zero-order valence-corrected chi connectivity index (χ0v) is 21.8. The highest BCUT2D eigenvalue weighted by molar-refractivity contribution is 7.26. The monoisotopic (exact) mass is 514 g/mol. The largest absolute Gasteiger partial charge is 0.226 e. The number of rotatable bonds is 3. The molecule has 0 radical (unpaired) electrons. The summed E-state index contributed by atoms with van der Waals surface area (Å²) in [5.41, 5.74) is 6.52. The van der Waals surface area contributed by atoms with Crippen molar-refractivity contribution >= 4 is 53.2 Å². The first-order valence-electron chi connectivity index (χ1n) is 13.1. The Balaban J connectivity index is 1.48. The highest BCUT2D eigenvalue weighted by atomic mass is 32.1. The van der Waals surface area contributed by atoms with Gasteiger partial charge >= 0.3 is 0 Å². The molecule has 0 N–H and O–H groups in total. The van der Waals surface area contributed by atoms with Gasteiger partial charge in [-0.05, 0) is 44.8 Å². The number of hydrogen-bond donors (Lipinski definition) is 0. The van der Waals surface area contributed by atoms with Crippen molar-refractivity contribution in [3.05, 3.63) is 133 Å². The van der Waals surface area contributed by atoms with Gasteiger partial charge in [0.05, 0.1) is 15.9 Å². The van der Waals surface area contributed by atoms with Crippen molar-refractivity contribution in [1.82, 2.24) is 9.97 Å². The van der Waals surface area contributed by atoms with E-state index in [-0.39, 0.29) is 0 Å². The molecule has 0 unspecified atom stereocenters. The van der Waals surface area contributed by atoms with Gasteiger partial charge in [0.2, 0.25) is 0 Å². The fourth-order valence-corrected chi connectivity index (χ4v) is 6.79. The maximum Gasteiger partial charge on any atom is 0.161 e. The fourth-order valence-electron chi connectivity index (χ4n) is 5.62. The Morgan fingerprint density at radius 3 is 2.03 bits per heavy atom. The van der Waals surface area contributed by atoms with Crippen molar-refractivity contribution in [3.8, 4) is 33.8 Å². The molecule has 8 aromatic rings. The van der Waals surface area contributed by atoms with E-state index in [0.717, 1.165) is 38.2 Å². The van der Waals surface area contributed by atoms with Crippen LogP contribution < -0.4 is 0 Å². The van der Waals surface area contributed by atoms with Crippen LogP contribution in [0.15, 0.2) is 133 Å². The molecule has 0 aliphatic heterocycles. The van der Waals surface area contributed by atoms with Crippen LogP contribution in [0.25, 0.3) is 75.6 Å². The van der Waals surface area contributed by atoms with Crippen LogP contribution in [-0.4, -0.2) is 9.97 Å². The van der Waals surface area contributed by atoms with E-state index >= 15 is 0 Å². The van der Waals surface area contributed by atoms with E-state index in [9.17, 15) is 0 Å². The molecule has 0 aliphatic rings. The number of fused-ring (bicyclic) bond motifs is 6. The van der Waals surface area contributed by atoms with Crippen molar-refractivity contribution in [3.63, 3.8) is 0 Å². The summed E-state index contributed by atoms with van der Waals surface area (Å²) in [6.45, 7) is 0. The summed E-state index contributed by atoms with van der Waals surface area (Å²) in [6, 6.07) is 47.1. The lowest BCUT2D eigenvalue weighted by Crippen LogP contribution is -1.94. The lowest BCUT2D eigenvalue weighted by Gasteiger charge is -2.11. The molecule has 2 nitrogen and oxygen atoms in total. The van der Waals surface area contributed by atoms with E-state index in [4.69, 9.17) is 9.97 Å². The third kappa shape index (κ3) is 3.63. The van der Waals surface area contributed by atoms with Crippen LogP contribution >= 0.6 is 11.3 Å². The van der Waals surface area contributed by atoms with Gasteiger partial charge < -0.3 is 0 Å². The average molecular weight is 515 g/mol. The van der Waals surface area contributed by atoms with E-state index in [1.807, 2.05) is 0 Å². The molecule has 0 spiro atoms. The van der Waals surface area contributed by atoms with Gasteiger partial charge in [0.25, 0.3) is 0 Å². The zero-order chi connectivity index (χ0) is 25.8. The summed E-state index contributed by atoms with van der Waals surface area (Å²) in [5.74, 6) is 0.757. The summed E-state index contributed by atoms with van der Waals surface area (Å²) >= 11 is 1.78. The maximum absolute atomic E-state index is 5.30. The Kier molecular flexibility index (Phi) is 5.04. The van der Waals surface area contributed by atoms with Gasteiger partial charge in [0.1, 0.15) is 0 Å². The SMILES string of the molecule is c1ccc(-c2cccc(-c3nc(-c4cccc5ccccc45)nc4c3sc3ccc5ccccc5c34)c2)cc1. The van der Waals surface area contributed by atoms with Crippen molar-refractivity contribution in [1.29, 1.82) is 0 Å². The van der Waals surface area contributed by atoms with E-state index in [1.54, 1.807) is 11.3 Å². The molecule has 0 saturated heterocycles. The van der Waals surface area contributed by atoms with Gasteiger partial charge in [-0.15, -0.1) is 11.3 Å². The third-order valence-electron chi connectivity index (χ3n) is 7.48. The molecule has 3 heteroatoms. The van der Waals surface area contributed by atoms with Crippen molar-refractivity contribution < 1.29 is 0 Å². The summed E-state index contributed by atoms with van der Waals surface area (Å²) in [5, 5.41) is 6.01. The van der Waals surface area contributed by atoms with E-state index < -0.39 is 0 Å².